The van der Waals surface area contributed by atoms with Gasteiger partial charge >= 0.3 is 0 Å². The van der Waals surface area contributed by atoms with Gasteiger partial charge in [0.15, 0.2) is 0 Å². The van der Waals surface area contributed by atoms with E-state index in [4.69, 9.17) is 5.73 Å². The first-order valence-electron chi connectivity index (χ1n) is 6.27. The van der Waals surface area contributed by atoms with E-state index in [-0.39, 0.29) is 5.91 Å². The Morgan fingerprint density at radius 1 is 1.44 bits per heavy atom. The summed E-state index contributed by atoms with van der Waals surface area (Å²) in [5, 5.41) is 0. The standard InChI is InChI=1S/C12H23N3O/c1-10(2)6-15-5-3-4-12(15)8-14(9-12)7-11(13)16/h10H,3-9H2,1-2H3,(H2,13,16). The van der Waals surface area contributed by atoms with Crippen molar-refractivity contribution >= 4 is 5.91 Å². The third kappa shape index (κ3) is 2.23. The summed E-state index contributed by atoms with van der Waals surface area (Å²) in [5.74, 6) is 0.517. The molecule has 16 heavy (non-hydrogen) atoms. The van der Waals surface area contributed by atoms with E-state index in [2.05, 4.69) is 23.6 Å². The van der Waals surface area contributed by atoms with Gasteiger partial charge in [-0.2, -0.15) is 0 Å². The Hall–Kier alpha value is -0.610. The van der Waals surface area contributed by atoms with Crippen LogP contribution in [0.3, 0.4) is 0 Å². The maximum Gasteiger partial charge on any atom is 0.231 e. The van der Waals surface area contributed by atoms with Crippen LogP contribution in [0, 0.1) is 5.92 Å². The Balaban J connectivity index is 1.87. The van der Waals surface area contributed by atoms with Crippen molar-refractivity contribution in [2.24, 2.45) is 11.7 Å². The summed E-state index contributed by atoms with van der Waals surface area (Å²) in [6.45, 7) is 9.44. The number of primary amides is 1. The van der Waals surface area contributed by atoms with Gasteiger partial charge in [0.05, 0.1) is 6.54 Å². The van der Waals surface area contributed by atoms with Gasteiger partial charge in [0, 0.05) is 25.2 Å². The molecule has 0 saturated carbocycles. The summed E-state index contributed by atoms with van der Waals surface area (Å²) in [4.78, 5) is 15.6. The lowest BCUT2D eigenvalue weighted by Gasteiger charge is -2.53. The number of likely N-dealkylation sites (tertiary alicyclic amines) is 2. The molecule has 2 aliphatic rings. The minimum Gasteiger partial charge on any atom is -0.369 e. The minimum atomic E-state index is -0.205. The van der Waals surface area contributed by atoms with Crippen LogP contribution in [0.2, 0.25) is 0 Å². The first-order valence-corrected chi connectivity index (χ1v) is 6.27. The molecule has 4 heteroatoms. The fourth-order valence-electron chi connectivity index (χ4n) is 3.20. The molecule has 0 aromatic heterocycles. The largest absolute Gasteiger partial charge is 0.369 e. The lowest BCUT2D eigenvalue weighted by molar-refractivity contribution is -0.123. The summed E-state index contributed by atoms with van der Waals surface area (Å²) >= 11 is 0. The van der Waals surface area contributed by atoms with Crippen molar-refractivity contribution in [3.8, 4) is 0 Å². The Morgan fingerprint density at radius 3 is 2.69 bits per heavy atom. The minimum absolute atomic E-state index is 0.205. The Morgan fingerprint density at radius 2 is 2.12 bits per heavy atom. The molecule has 4 nitrogen and oxygen atoms in total. The normalized spacial score (nSPS) is 25.2. The van der Waals surface area contributed by atoms with Gasteiger partial charge < -0.3 is 5.73 Å². The second-order valence-corrected chi connectivity index (χ2v) is 5.78. The fraction of sp³-hybridized carbons (Fsp3) is 0.917. The average Bonchev–Trinajstić information content (AvgIpc) is 2.46. The summed E-state index contributed by atoms with van der Waals surface area (Å²) < 4.78 is 0. The zero-order chi connectivity index (χ0) is 11.8. The molecular formula is C12H23N3O. The van der Waals surface area contributed by atoms with Crippen LogP contribution < -0.4 is 5.73 Å². The van der Waals surface area contributed by atoms with E-state index in [1.165, 1.54) is 25.9 Å². The highest BCUT2D eigenvalue weighted by molar-refractivity contribution is 5.76. The molecule has 2 fully saturated rings. The summed E-state index contributed by atoms with van der Waals surface area (Å²) in [6, 6.07) is 0. The Kier molecular flexibility index (Phi) is 3.22. The Labute approximate surface area is 97.8 Å². The van der Waals surface area contributed by atoms with E-state index < -0.39 is 0 Å². The highest BCUT2D eigenvalue weighted by Gasteiger charge is 2.49. The van der Waals surface area contributed by atoms with Crippen molar-refractivity contribution in [2.75, 3.05) is 32.7 Å². The van der Waals surface area contributed by atoms with Gasteiger partial charge in [0.2, 0.25) is 5.91 Å². The molecule has 2 saturated heterocycles. The monoisotopic (exact) mass is 225 g/mol. The summed E-state index contributed by atoms with van der Waals surface area (Å²) in [5.41, 5.74) is 5.59. The van der Waals surface area contributed by atoms with Crippen molar-refractivity contribution in [2.45, 2.75) is 32.2 Å². The molecule has 0 aliphatic carbocycles. The molecule has 92 valence electrons. The quantitative estimate of drug-likeness (QED) is 0.747. The molecule has 1 spiro atoms. The smallest absolute Gasteiger partial charge is 0.231 e. The van der Waals surface area contributed by atoms with Crippen LogP contribution in [-0.4, -0.2) is 54.0 Å². The highest BCUT2D eigenvalue weighted by Crippen LogP contribution is 2.37. The second kappa shape index (κ2) is 4.34. The van der Waals surface area contributed by atoms with Crippen LogP contribution >= 0.6 is 0 Å². The second-order valence-electron chi connectivity index (χ2n) is 5.78. The number of nitrogens with zero attached hydrogens (tertiary/aromatic N) is 2. The maximum absolute atomic E-state index is 10.8. The van der Waals surface area contributed by atoms with Crippen LogP contribution in [0.25, 0.3) is 0 Å². The van der Waals surface area contributed by atoms with Gasteiger partial charge in [-0.25, -0.2) is 0 Å². The van der Waals surface area contributed by atoms with Gasteiger partial charge in [-0.1, -0.05) is 13.8 Å². The van der Waals surface area contributed by atoms with Crippen LogP contribution in [-0.2, 0) is 4.79 Å². The third-order valence-corrected chi connectivity index (χ3v) is 3.74. The van der Waals surface area contributed by atoms with Crippen LogP contribution in [0.5, 0.6) is 0 Å². The fourth-order valence-corrected chi connectivity index (χ4v) is 3.20. The number of carbonyl (C=O) groups excluding carboxylic acids is 1. The van der Waals surface area contributed by atoms with Gasteiger partial charge in [0.25, 0.3) is 0 Å². The third-order valence-electron chi connectivity index (χ3n) is 3.74. The van der Waals surface area contributed by atoms with Crippen molar-refractivity contribution in [1.82, 2.24) is 9.80 Å². The van der Waals surface area contributed by atoms with Gasteiger partial charge in [0.1, 0.15) is 0 Å². The molecule has 0 aromatic carbocycles. The molecule has 0 bridgehead atoms. The lowest BCUT2D eigenvalue weighted by atomic mass is 9.86. The number of amides is 1. The zero-order valence-electron chi connectivity index (χ0n) is 10.4. The predicted molar refractivity (Wildman–Crippen MR) is 64.0 cm³/mol. The zero-order valence-corrected chi connectivity index (χ0v) is 10.4. The van der Waals surface area contributed by atoms with Crippen molar-refractivity contribution in [3.63, 3.8) is 0 Å². The molecule has 2 aliphatic heterocycles. The molecule has 2 rings (SSSR count). The SMILES string of the molecule is CC(C)CN1CCCC12CN(CC(N)=O)C2. The first kappa shape index (κ1) is 11.9. The molecular weight excluding hydrogens is 202 g/mol. The van der Waals surface area contributed by atoms with Gasteiger partial charge in [-0.05, 0) is 25.3 Å². The molecule has 0 radical (unpaired) electrons. The Bertz CT molecular complexity index is 271. The lowest BCUT2D eigenvalue weighted by Crippen LogP contribution is -2.68. The van der Waals surface area contributed by atoms with E-state index in [0.29, 0.717) is 12.1 Å². The summed E-state index contributed by atoms with van der Waals surface area (Å²) in [7, 11) is 0. The number of hydrogen-bond acceptors (Lipinski definition) is 3. The summed E-state index contributed by atoms with van der Waals surface area (Å²) in [6.07, 6.45) is 2.59. The number of nitrogens with two attached hydrogens (primary N) is 1. The van der Waals surface area contributed by atoms with E-state index in [1.807, 2.05) is 0 Å². The topological polar surface area (TPSA) is 49.6 Å². The molecule has 0 aromatic rings. The number of hydrogen-bond donors (Lipinski definition) is 1. The van der Waals surface area contributed by atoms with E-state index in [9.17, 15) is 4.79 Å². The van der Waals surface area contributed by atoms with Gasteiger partial charge in [-0.15, -0.1) is 0 Å². The number of rotatable bonds is 4. The van der Waals surface area contributed by atoms with Crippen molar-refractivity contribution < 1.29 is 4.79 Å². The van der Waals surface area contributed by atoms with Crippen LogP contribution in [0.15, 0.2) is 0 Å². The maximum atomic E-state index is 10.8. The van der Waals surface area contributed by atoms with Crippen LogP contribution in [0.4, 0.5) is 0 Å². The molecule has 0 atom stereocenters. The molecule has 1 amide bonds. The molecule has 0 unspecified atom stereocenters. The van der Waals surface area contributed by atoms with Crippen molar-refractivity contribution in [3.05, 3.63) is 0 Å². The molecule has 2 N–H and O–H groups in total. The predicted octanol–water partition coefficient (Wildman–Crippen LogP) is 0.278. The first-order chi connectivity index (χ1) is 7.52. The van der Waals surface area contributed by atoms with E-state index in [1.54, 1.807) is 0 Å². The highest BCUT2D eigenvalue weighted by atomic mass is 16.1. The van der Waals surface area contributed by atoms with E-state index >= 15 is 0 Å². The van der Waals surface area contributed by atoms with E-state index in [0.717, 1.165) is 19.0 Å². The van der Waals surface area contributed by atoms with Crippen molar-refractivity contribution in [1.29, 1.82) is 0 Å². The number of carbonyl (C=O) groups is 1. The molecule has 2 heterocycles. The average molecular weight is 225 g/mol. The van der Waals surface area contributed by atoms with Crippen LogP contribution in [0.1, 0.15) is 26.7 Å². The van der Waals surface area contributed by atoms with Gasteiger partial charge in [-0.3, -0.25) is 14.6 Å².